The van der Waals surface area contributed by atoms with E-state index in [0.29, 0.717) is 22.6 Å². The molecule has 0 amide bonds. The predicted octanol–water partition coefficient (Wildman–Crippen LogP) is 6.63. The minimum absolute atomic E-state index is 0.0264. The van der Waals surface area contributed by atoms with Crippen LogP contribution in [0.2, 0.25) is 10.0 Å². The van der Waals surface area contributed by atoms with Crippen LogP contribution in [0, 0.1) is 0 Å². The van der Waals surface area contributed by atoms with Gasteiger partial charge in [0, 0.05) is 5.69 Å². The number of phenolic OH excluding ortho intramolecular Hbond substituents is 2. The third-order valence-electron chi connectivity index (χ3n) is 5.73. The summed E-state index contributed by atoms with van der Waals surface area (Å²) in [7, 11) is 0. The molecule has 1 aliphatic rings. The second kappa shape index (κ2) is 9.22. The first kappa shape index (κ1) is 25.1. The highest BCUT2D eigenvalue weighted by Gasteiger charge is 2.48. The zero-order valence-electron chi connectivity index (χ0n) is 18.1. The van der Waals surface area contributed by atoms with Gasteiger partial charge in [-0.2, -0.15) is 13.2 Å². The van der Waals surface area contributed by atoms with Gasteiger partial charge in [0.2, 0.25) is 0 Å². The maximum Gasteiger partial charge on any atom is 0.416 e. The molecule has 1 fully saturated rings. The van der Waals surface area contributed by atoms with E-state index in [-0.39, 0.29) is 33.2 Å². The summed E-state index contributed by atoms with van der Waals surface area (Å²) in [5.74, 6) is 0.225. The average molecular weight is 540 g/mol. The van der Waals surface area contributed by atoms with Crippen LogP contribution in [0.5, 0.6) is 11.5 Å². The van der Waals surface area contributed by atoms with Gasteiger partial charge in [0.25, 0.3) is 0 Å². The molecule has 1 saturated heterocycles. The number of phenols is 2. The van der Waals surface area contributed by atoms with E-state index in [0.717, 1.165) is 12.1 Å². The van der Waals surface area contributed by atoms with Crippen LogP contribution in [0.15, 0.2) is 65.7 Å². The van der Waals surface area contributed by atoms with Gasteiger partial charge in [-0.05, 0) is 66.7 Å². The molecule has 0 saturated carbocycles. The summed E-state index contributed by atoms with van der Waals surface area (Å²) in [5.41, 5.74) is -0.0178. The summed E-state index contributed by atoms with van der Waals surface area (Å²) < 4.78 is 38.7. The molecule has 1 heterocycles. The monoisotopic (exact) mass is 539 g/mol. The number of rotatable bonds is 4. The Labute approximate surface area is 214 Å². The van der Waals surface area contributed by atoms with Gasteiger partial charge in [0.05, 0.1) is 22.2 Å². The molecule has 3 aromatic rings. The minimum atomic E-state index is -4.42. The number of nitrogens with zero attached hydrogens (tertiary/aromatic N) is 2. The number of anilines is 1. The van der Waals surface area contributed by atoms with Gasteiger partial charge in [-0.15, -0.1) is 0 Å². The van der Waals surface area contributed by atoms with E-state index in [2.05, 4.69) is 10.3 Å². The van der Waals surface area contributed by atoms with Crippen LogP contribution < -0.4 is 10.2 Å². The zero-order chi connectivity index (χ0) is 25.5. The van der Waals surface area contributed by atoms with E-state index in [1.807, 2.05) is 6.92 Å². The Hall–Kier alpha value is -3.01. The van der Waals surface area contributed by atoms with Crippen LogP contribution in [0.4, 0.5) is 18.9 Å². The van der Waals surface area contributed by atoms with Crippen LogP contribution in [-0.4, -0.2) is 21.2 Å². The second-order valence-corrected chi connectivity index (χ2v) is 9.20. The van der Waals surface area contributed by atoms with Gasteiger partial charge in [0.1, 0.15) is 17.1 Å². The molecule has 182 valence electrons. The van der Waals surface area contributed by atoms with E-state index in [4.69, 9.17) is 35.4 Å². The van der Waals surface area contributed by atoms with Crippen LogP contribution >= 0.6 is 35.4 Å². The second-order valence-electron chi connectivity index (χ2n) is 8.00. The number of benzene rings is 3. The molecule has 35 heavy (non-hydrogen) atoms. The quantitative estimate of drug-likeness (QED) is 0.324. The summed E-state index contributed by atoms with van der Waals surface area (Å²) in [6.45, 7) is 1.92. The van der Waals surface area contributed by atoms with Crippen LogP contribution in [0.1, 0.15) is 23.6 Å². The Morgan fingerprint density at radius 2 is 1.57 bits per heavy atom. The number of hydrogen-bond acceptors (Lipinski definition) is 4. The lowest BCUT2D eigenvalue weighted by Gasteiger charge is -2.35. The molecule has 0 aromatic heterocycles. The third-order valence-corrected chi connectivity index (χ3v) is 6.59. The zero-order valence-corrected chi connectivity index (χ0v) is 20.4. The number of aliphatic imine (C=N–C) groups is 1. The summed E-state index contributed by atoms with van der Waals surface area (Å²) in [6, 6.07) is 14.2. The van der Waals surface area contributed by atoms with E-state index in [1.54, 1.807) is 17.0 Å². The Bertz CT molecular complexity index is 1290. The molecular weight excluding hydrogens is 522 g/mol. The van der Waals surface area contributed by atoms with Crippen molar-refractivity contribution in [1.82, 2.24) is 5.32 Å². The number of aromatic hydroxyl groups is 2. The van der Waals surface area contributed by atoms with Crippen molar-refractivity contribution in [2.75, 3.05) is 4.90 Å². The number of hydrogen-bond donors (Lipinski definition) is 3. The Morgan fingerprint density at radius 3 is 2.11 bits per heavy atom. The normalized spacial score (nSPS) is 19.3. The Balaban J connectivity index is 1.78. The molecule has 1 unspecified atom stereocenters. The minimum Gasteiger partial charge on any atom is -0.508 e. The van der Waals surface area contributed by atoms with E-state index in [9.17, 15) is 23.4 Å². The van der Waals surface area contributed by atoms with Crippen molar-refractivity contribution in [3.63, 3.8) is 0 Å². The average Bonchev–Trinajstić information content (AvgIpc) is 3.06. The van der Waals surface area contributed by atoms with Crippen molar-refractivity contribution in [1.29, 1.82) is 0 Å². The lowest BCUT2D eigenvalue weighted by molar-refractivity contribution is -0.137. The molecule has 5 nitrogen and oxygen atoms in total. The van der Waals surface area contributed by atoms with Gasteiger partial charge in [-0.1, -0.05) is 47.5 Å². The van der Waals surface area contributed by atoms with Crippen molar-refractivity contribution in [3.8, 4) is 11.5 Å². The lowest BCUT2D eigenvalue weighted by atomic mass is 9.89. The van der Waals surface area contributed by atoms with Crippen LogP contribution in [-0.2, 0) is 18.3 Å². The molecule has 4 rings (SSSR count). The maximum atomic E-state index is 12.9. The number of thiocarbonyl (C=S) groups is 1. The molecule has 0 spiro atoms. The largest absolute Gasteiger partial charge is 0.508 e. The highest BCUT2D eigenvalue weighted by atomic mass is 35.5. The molecule has 11 heteroatoms. The standard InChI is InChI=1S/C24H18Cl2F3N3O2S/c1-23(14-6-8-17(33)9-7-14)21(30-12-13-2-4-15(5-3-13)24(27,28)29)31-22(35)32(23)16-10-18(25)20(34)19(26)11-16/h2-11,33-34H,12H2,1H3,(H,30,31,35). The Morgan fingerprint density at radius 1 is 1.00 bits per heavy atom. The number of amidine groups is 1. The van der Waals surface area contributed by atoms with Crippen molar-refractivity contribution in [2.24, 2.45) is 4.99 Å². The number of halogens is 5. The highest BCUT2D eigenvalue weighted by Crippen LogP contribution is 2.43. The fourth-order valence-corrected chi connectivity index (χ4v) is 4.72. The first-order chi connectivity index (χ1) is 16.4. The van der Waals surface area contributed by atoms with E-state index >= 15 is 0 Å². The van der Waals surface area contributed by atoms with Gasteiger partial charge >= 0.3 is 6.18 Å². The first-order valence-corrected chi connectivity index (χ1v) is 11.4. The SMILES string of the molecule is CC1(c2ccc(O)cc2)C(=NCc2ccc(C(F)(F)F)cc2)NC(=S)N1c1cc(Cl)c(O)c(Cl)c1. The molecule has 3 aromatic carbocycles. The summed E-state index contributed by atoms with van der Waals surface area (Å²) in [6.07, 6.45) is -4.42. The van der Waals surface area contributed by atoms with E-state index in [1.165, 1.54) is 36.4 Å². The highest BCUT2D eigenvalue weighted by molar-refractivity contribution is 7.80. The van der Waals surface area contributed by atoms with Crippen molar-refractivity contribution < 1.29 is 23.4 Å². The molecule has 1 atom stereocenters. The number of nitrogens with one attached hydrogen (secondary N) is 1. The van der Waals surface area contributed by atoms with Crippen LogP contribution in [0.25, 0.3) is 0 Å². The number of alkyl halides is 3. The topological polar surface area (TPSA) is 68.1 Å². The van der Waals surface area contributed by atoms with Crippen molar-refractivity contribution >= 4 is 52.1 Å². The van der Waals surface area contributed by atoms with Crippen molar-refractivity contribution in [3.05, 3.63) is 87.4 Å². The summed E-state index contributed by atoms with van der Waals surface area (Å²) in [4.78, 5) is 6.36. The molecule has 0 aliphatic carbocycles. The molecule has 3 N–H and O–H groups in total. The van der Waals surface area contributed by atoms with Gasteiger partial charge in [0.15, 0.2) is 10.9 Å². The molecule has 0 bridgehead atoms. The fourth-order valence-electron chi connectivity index (χ4n) is 3.86. The van der Waals surface area contributed by atoms with Gasteiger partial charge in [-0.25, -0.2) is 0 Å². The molecule has 0 radical (unpaired) electrons. The maximum absolute atomic E-state index is 12.9. The van der Waals surface area contributed by atoms with Gasteiger partial charge < -0.3 is 20.4 Å². The Kier molecular flexibility index (Phi) is 6.61. The lowest BCUT2D eigenvalue weighted by Crippen LogP contribution is -2.44. The van der Waals surface area contributed by atoms with Crippen LogP contribution in [0.3, 0.4) is 0 Å². The van der Waals surface area contributed by atoms with E-state index < -0.39 is 17.3 Å². The predicted molar refractivity (Wildman–Crippen MR) is 134 cm³/mol. The third kappa shape index (κ3) is 4.76. The first-order valence-electron chi connectivity index (χ1n) is 10.2. The fraction of sp³-hybridized carbons (Fsp3) is 0.167. The summed E-state index contributed by atoms with van der Waals surface area (Å²) in [5, 5.41) is 23.2. The molecular formula is C24H18Cl2F3N3O2S. The van der Waals surface area contributed by atoms with Gasteiger partial charge in [-0.3, -0.25) is 4.99 Å². The summed E-state index contributed by atoms with van der Waals surface area (Å²) >= 11 is 17.9. The molecule has 1 aliphatic heterocycles. The smallest absolute Gasteiger partial charge is 0.416 e. The van der Waals surface area contributed by atoms with Crippen molar-refractivity contribution in [2.45, 2.75) is 25.2 Å².